The van der Waals surface area contributed by atoms with E-state index in [9.17, 15) is 4.79 Å². The minimum atomic E-state index is -0.649. The van der Waals surface area contributed by atoms with Crippen molar-refractivity contribution < 1.29 is 4.79 Å². The van der Waals surface area contributed by atoms with Crippen LogP contribution in [0.15, 0.2) is 48.8 Å². The maximum absolute atomic E-state index is 12.1. The predicted octanol–water partition coefficient (Wildman–Crippen LogP) is 2.04. The first-order valence-electron chi connectivity index (χ1n) is 6.78. The third-order valence-electron chi connectivity index (χ3n) is 3.13. The molecule has 1 aromatic carbocycles. The molecule has 1 unspecified atom stereocenters. The number of aromatic amines is 1. The van der Waals surface area contributed by atoms with Crippen LogP contribution in [-0.4, -0.2) is 27.1 Å². The van der Waals surface area contributed by atoms with E-state index in [4.69, 9.17) is 5.73 Å². The molecule has 1 amide bonds. The number of carbonyl (C=O) groups excluding carboxylic acids is 1. The van der Waals surface area contributed by atoms with Crippen LogP contribution in [0.5, 0.6) is 0 Å². The molecule has 0 aliphatic heterocycles. The first kappa shape index (κ1) is 14.4. The van der Waals surface area contributed by atoms with Gasteiger partial charge in [-0.25, -0.2) is 4.98 Å². The number of hydrogen-bond donors (Lipinski definition) is 3. The number of thiazole rings is 1. The number of carbonyl (C=O) groups is 1. The zero-order valence-corrected chi connectivity index (χ0v) is 12.5. The minimum Gasteiger partial charge on any atom is -0.320 e. The first-order valence-corrected chi connectivity index (χ1v) is 7.60. The number of hydrogen-bond acceptors (Lipinski definition) is 5. The second-order valence-corrected chi connectivity index (χ2v) is 5.81. The summed E-state index contributed by atoms with van der Waals surface area (Å²) in [5.74, 6) is -0.261. The topological polar surface area (TPSA) is 96.7 Å². The summed E-state index contributed by atoms with van der Waals surface area (Å²) < 4.78 is 0. The van der Waals surface area contributed by atoms with Crippen LogP contribution < -0.4 is 11.1 Å². The number of rotatable bonds is 5. The van der Waals surface area contributed by atoms with Gasteiger partial charge in [-0.15, -0.1) is 0 Å². The second kappa shape index (κ2) is 6.50. The highest BCUT2D eigenvalue weighted by atomic mass is 32.1. The SMILES string of the molecule is NC(Cc1ccn[nH]1)C(=O)Nc1ncc(-c2ccccc2)s1. The summed E-state index contributed by atoms with van der Waals surface area (Å²) in [5.41, 5.74) is 7.79. The van der Waals surface area contributed by atoms with Gasteiger partial charge in [0.15, 0.2) is 5.13 Å². The van der Waals surface area contributed by atoms with Crippen LogP contribution in [0.4, 0.5) is 5.13 Å². The molecule has 3 rings (SSSR count). The number of amides is 1. The summed E-state index contributed by atoms with van der Waals surface area (Å²) in [6, 6.07) is 11.0. The van der Waals surface area contributed by atoms with Crippen LogP contribution in [0.3, 0.4) is 0 Å². The monoisotopic (exact) mass is 313 g/mol. The van der Waals surface area contributed by atoms with Gasteiger partial charge >= 0.3 is 0 Å². The molecule has 0 saturated carbocycles. The van der Waals surface area contributed by atoms with Gasteiger partial charge in [-0.1, -0.05) is 41.7 Å². The largest absolute Gasteiger partial charge is 0.320 e. The third kappa shape index (κ3) is 3.38. The Morgan fingerprint density at radius 2 is 2.14 bits per heavy atom. The van der Waals surface area contributed by atoms with Gasteiger partial charge < -0.3 is 11.1 Å². The van der Waals surface area contributed by atoms with Crippen molar-refractivity contribution in [3.8, 4) is 10.4 Å². The van der Waals surface area contributed by atoms with Crippen molar-refractivity contribution in [3.63, 3.8) is 0 Å². The molecule has 0 radical (unpaired) electrons. The smallest absolute Gasteiger partial charge is 0.243 e. The maximum atomic E-state index is 12.1. The summed E-state index contributed by atoms with van der Waals surface area (Å²) in [4.78, 5) is 17.3. The lowest BCUT2D eigenvalue weighted by molar-refractivity contribution is -0.117. The van der Waals surface area contributed by atoms with Crippen molar-refractivity contribution in [3.05, 3.63) is 54.5 Å². The lowest BCUT2D eigenvalue weighted by Crippen LogP contribution is -2.37. The van der Waals surface area contributed by atoms with Crippen LogP contribution in [0.2, 0.25) is 0 Å². The molecular weight excluding hydrogens is 298 g/mol. The number of H-pyrrole nitrogens is 1. The van der Waals surface area contributed by atoms with E-state index >= 15 is 0 Å². The van der Waals surface area contributed by atoms with Gasteiger partial charge in [0.1, 0.15) is 0 Å². The van der Waals surface area contributed by atoms with E-state index in [2.05, 4.69) is 20.5 Å². The molecule has 0 aliphatic rings. The standard InChI is InChI=1S/C15H15N5OS/c16-12(8-11-6-7-18-20-11)14(21)19-15-17-9-13(22-15)10-4-2-1-3-5-10/h1-7,9,12H,8,16H2,(H,18,20)(H,17,19,21). The summed E-state index contributed by atoms with van der Waals surface area (Å²) in [7, 11) is 0. The molecule has 22 heavy (non-hydrogen) atoms. The van der Waals surface area contributed by atoms with E-state index in [1.54, 1.807) is 18.5 Å². The Labute approximate surface area is 131 Å². The molecule has 0 spiro atoms. The highest BCUT2D eigenvalue weighted by molar-refractivity contribution is 7.19. The van der Waals surface area contributed by atoms with E-state index in [1.807, 2.05) is 30.3 Å². The molecule has 0 aliphatic carbocycles. The number of aromatic nitrogens is 3. The van der Waals surface area contributed by atoms with Crippen molar-refractivity contribution in [2.24, 2.45) is 5.73 Å². The molecule has 6 nitrogen and oxygen atoms in total. The Hall–Kier alpha value is -2.51. The average Bonchev–Trinajstić information content (AvgIpc) is 3.20. The number of anilines is 1. The molecule has 0 bridgehead atoms. The van der Waals surface area contributed by atoms with E-state index in [0.717, 1.165) is 16.1 Å². The number of benzene rings is 1. The fraction of sp³-hybridized carbons (Fsp3) is 0.133. The molecule has 0 saturated heterocycles. The fourth-order valence-corrected chi connectivity index (χ4v) is 2.82. The van der Waals surface area contributed by atoms with Gasteiger partial charge in [-0.3, -0.25) is 9.89 Å². The molecular formula is C15H15N5OS. The van der Waals surface area contributed by atoms with Crippen molar-refractivity contribution in [2.75, 3.05) is 5.32 Å². The Morgan fingerprint density at radius 3 is 2.86 bits per heavy atom. The van der Waals surface area contributed by atoms with Crippen LogP contribution in [0.1, 0.15) is 5.69 Å². The first-order chi connectivity index (χ1) is 10.7. The minimum absolute atomic E-state index is 0.261. The number of nitrogens with two attached hydrogens (primary N) is 1. The Bertz CT molecular complexity index is 738. The van der Waals surface area contributed by atoms with Crippen LogP contribution in [-0.2, 0) is 11.2 Å². The molecule has 7 heteroatoms. The van der Waals surface area contributed by atoms with E-state index in [0.29, 0.717) is 11.6 Å². The summed E-state index contributed by atoms with van der Waals surface area (Å²) >= 11 is 1.42. The highest BCUT2D eigenvalue weighted by Crippen LogP contribution is 2.28. The number of nitrogens with zero attached hydrogens (tertiary/aromatic N) is 2. The van der Waals surface area contributed by atoms with Crippen LogP contribution in [0.25, 0.3) is 10.4 Å². The molecule has 0 fully saturated rings. The molecule has 1 atom stereocenters. The normalized spacial score (nSPS) is 12.0. The average molecular weight is 313 g/mol. The highest BCUT2D eigenvalue weighted by Gasteiger charge is 2.16. The lowest BCUT2D eigenvalue weighted by atomic mass is 10.1. The zero-order chi connectivity index (χ0) is 15.4. The lowest BCUT2D eigenvalue weighted by Gasteiger charge is -2.09. The molecule has 3 aromatic rings. The van der Waals surface area contributed by atoms with Crippen molar-refractivity contribution in [2.45, 2.75) is 12.5 Å². The maximum Gasteiger partial charge on any atom is 0.243 e. The Balaban J connectivity index is 1.63. The van der Waals surface area contributed by atoms with Crippen molar-refractivity contribution in [1.82, 2.24) is 15.2 Å². The van der Waals surface area contributed by atoms with Gasteiger partial charge in [-0.05, 0) is 11.6 Å². The predicted molar refractivity (Wildman–Crippen MR) is 86.4 cm³/mol. The van der Waals surface area contributed by atoms with E-state index < -0.39 is 6.04 Å². The Morgan fingerprint density at radius 1 is 1.32 bits per heavy atom. The zero-order valence-electron chi connectivity index (χ0n) is 11.7. The van der Waals surface area contributed by atoms with Gasteiger partial charge in [0.2, 0.25) is 5.91 Å². The van der Waals surface area contributed by atoms with Gasteiger partial charge in [0.05, 0.1) is 10.9 Å². The molecule has 4 N–H and O–H groups in total. The molecule has 2 aromatic heterocycles. The van der Waals surface area contributed by atoms with Crippen LogP contribution in [0, 0.1) is 0 Å². The van der Waals surface area contributed by atoms with Crippen molar-refractivity contribution >= 4 is 22.4 Å². The van der Waals surface area contributed by atoms with Gasteiger partial charge in [0.25, 0.3) is 0 Å². The fourth-order valence-electron chi connectivity index (χ4n) is 1.99. The summed E-state index contributed by atoms with van der Waals surface area (Å²) in [6.45, 7) is 0. The quantitative estimate of drug-likeness (QED) is 0.671. The van der Waals surface area contributed by atoms with E-state index in [1.165, 1.54) is 11.3 Å². The van der Waals surface area contributed by atoms with Crippen molar-refractivity contribution in [1.29, 1.82) is 0 Å². The summed E-state index contributed by atoms with van der Waals surface area (Å²) in [6.07, 6.45) is 3.78. The van der Waals surface area contributed by atoms with Gasteiger partial charge in [-0.2, -0.15) is 5.10 Å². The molecule has 112 valence electrons. The van der Waals surface area contributed by atoms with E-state index in [-0.39, 0.29) is 5.91 Å². The second-order valence-electron chi connectivity index (χ2n) is 4.78. The summed E-state index contributed by atoms with van der Waals surface area (Å²) in [5, 5.41) is 9.92. The van der Waals surface area contributed by atoms with Crippen LogP contribution >= 0.6 is 11.3 Å². The number of nitrogens with one attached hydrogen (secondary N) is 2. The van der Waals surface area contributed by atoms with Gasteiger partial charge in [0, 0.05) is 24.5 Å². The third-order valence-corrected chi connectivity index (χ3v) is 4.09. The molecule has 2 heterocycles. The Kier molecular flexibility index (Phi) is 4.27.